The minimum atomic E-state index is -0.862. The molecule has 0 aliphatic heterocycles. The summed E-state index contributed by atoms with van der Waals surface area (Å²) in [4.78, 5) is 20.4. The molecule has 3 nitrogen and oxygen atoms in total. The molecule has 104 valence electrons. The Balaban J connectivity index is 1.93. The summed E-state index contributed by atoms with van der Waals surface area (Å²) in [6.45, 7) is 0. The summed E-state index contributed by atoms with van der Waals surface area (Å²) in [5, 5.41) is 0.839. The topological polar surface area (TPSA) is 42.9 Å². The number of benzene rings is 1. The molecule has 0 aliphatic carbocycles. The predicted octanol–water partition coefficient (Wildman–Crippen LogP) is 3.33. The Kier molecular flexibility index (Phi) is 3.39. The van der Waals surface area contributed by atoms with E-state index in [2.05, 4.69) is 9.97 Å². The highest BCUT2D eigenvalue weighted by Gasteiger charge is 2.17. The highest BCUT2D eigenvalue weighted by Crippen LogP contribution is 2.16. The number of fused-ring (bicyclic) bond motifs is 1. The Morgan fingerprint density at radius 1 is 1.00 bits per heavy atom. The number of rotatable bonds is 3. The molecule has 0 atom stereocenters. The van der Waals surface area contributed by atoms with Gasteiger partial charge in [-0.3, -0.25) is 4.79 Å². The second-order valence-electron chi connectivity index (χ2n) is 4.55. The zero-order valence-electron chi connectivity index (χ0n) is 10.9. The molecule has 21 heavy (non-hydrogen) atoms. The van der Waals surface area contributed by atoms with Crippen molar-refractivity contribution >= 4 is 16.8 Å². The van der Waals surface area contributed by atoms with Gasteiger partial charge in [-0.25, -0.2) is 18.7 Å². The molecular formula is C16H10F2N2O. The third kappa shape index (κ3) is 2.63. The molecule has 0 spiro atoms. The maximum absolute atomic E-state index is 13.6. The molecule has 0 aliphatic rings. The fourth-order valence-electron chi connectivity index (χ4n) is 2.11. The van der Waals surface area contributed by atoms with Crippen LogP contribution >= 0.6 is 0 Å². The molecule has 0 saturated heterocycles. The smallest absolute Gasteiger partial charge is 0.174 e. The SMILES string of the molecule is O=C(Cc1ccc2cccnc2n1)c1c(F)cccc1F. The molecule has 3 rings (SSSR count). The predicted molar refractivity (Wildman–Crippen MR) is 73.9 cm³/mol. The average Bonchev–Trinajstić information content (AvgIpc) is 2.47. The Bertz CT molecular complexity index is 813. The average molecular weight is 284 g/mol. The van der Waals surface area contributed by atoms with E-state index < -0.39 is 23.0 Å². The van der Waals surface area contributed by atoms with Crippen LogP contribution in [0.4, 0.5) is 8.78 Å². The van der Waals surface area contributed by atoms with Gasteiger partial charge in [-0.05, 0) is 36.4 Å². The number of carbonyl (C=O) groups is 1. The van der Waals surface area contributed by atoms with Crippen molar-refractivity contribution in [3.63, 3.8) is 0 Å². The minimum Gasteiger partial charge on any atom is -0.294 e. The van der Waals surface area contributed by atoms with Crippen LogP contribution in [0.1, 0.15) is 16.1 Å². The van der Waals surface area contributed by atoms with Crippen molar-refractivity contribution in [1.29, 1.82) is 0 Å². The van der Waals surface area contributed by atoms with E-state index in [0.717, 1.165) is 17.5 Å². The molecular weight excluding hydrogens is 274 g/mol. The van der Waals surface area contributed by atoms with Gasteiger partial charge in [0.25, 0.3) is 0 Å². The van der Waals surface area contributed by atoms with Gasteiger partial charge in [-0.2, -0.15) is 0 Å². The van der Waals surface area contributed by atoms with E-state index in [1.807, 2.05) is 6.07 Å². The zero-order valence-corrected chi connectivity index (χ0v) is 10.9. The van der Waals surface area contributed by atoms with E-state index in [1.165, 1.54) is 6.07 Å². The Morgan fingerprint density at radius 3 is 2.52 bits per heavy atom. The lowest BCUT2D eigenvalue weighted by molar-refractivity contribution is 0.0984. The van der Waals surface area contributed by atoms with Gasteiger partial charge in [0.05, 0.1) is 17.7 Å². The van der Waals surface area contributed by atoms with Crippen molar-refractivity contribution in [2.45, 2.75) is 6.42 Å². The van der Waals surface area contributed by atoms with Crippen LogP contribution in [0.3, 0.4) is 0 Å². The van der Waals surface area contributed by atoms with Crippen LogP contribution in [0.5, 0.6) is 0 Å². The monoisotopic (exact) mass is 284 g/mol. The largest absolute Gasteiger partial charge is 0.294 e. The van der Waals surface area contributed by atoms with Crippen LogP contribution in [-0.4, -0.2) is 15.8 Å². The number of halogens is 2. The summed E-state index contributed by atoms with van der Waals surface area (Å²) in [6.07, 6.45) is 1.42. The van der Waals surface area contributed by atoms with E-state index in [4.69, 9.17) is 0 Å². The zero-order chi connectivity index (χ0) is 14.8. The molecule has 2 heterocycles. The minimum absolute atomic E-state index is 0.176. The van der Waals surface area contributed by atoms with Crippen molar-refractivity contribution in [1.82, 2.24) is 9.97 Å². The van der Waals surface area contributed by atoms with Crippen molar-refractivity contribution in [2.75, 3.05) is 0 Å². The quantitative estimate of drug-likeness (QED) is 0.693. The van der Waals surface area contributed by atoms with Crippen molar-refractivity contribution < 1.29 is 13.6 Å². The summed E-state index contributed by atoms with van der Waals surface area (Å²) >= 11 is 0. The van der Waals surface area contributed by atoms with E-state index in [9.17, 15) is 13.6 Å². The number of Topliss-reactive ketones (excluding diaryl/α,β-unsaturated/α-hetero) is 1. The van der Waals surface area contributed by atoms with Crippen LogP contribution < -0.4 is 0 Å². The molecule has 0 saturated carbocycles. The number of pyridine rings is 2. The number of ketones is 1. The summed E-state index contributed by atoms with van der Waals surface area (Å²) in [6, 6.07) is 10.4. The van der Waals surface area contributed by atoms with Crippen LogP contribution in [-0.2, 0) is 6.42 Å². The second-order valence-corrected chi connectivity index (χ2v) is 4.55. The van der Waals surface area contributed by atoms with Gasteiger partial charge >= 0.3 is 0 Å². The number of hydrogen-bond acceptors (Lipinski definition) is 3. The highest BCUT2D eigenvalue weighted by atomic mass is 19.1. The van der Waals surface area contributed by atoms with Crippen molar-refractivity contribution in [3.8, 4) is 0 Å². The normalized spacial score (nSPS) is 10.8. The third-order valence-corrected chi connectivity index (χ3v) is 3.10. The molecule has 0 fully saturated rings. The molecule has 5 heteroatoms. The Morgan fingerprint density at radius 2 is 1.76 bits per heavy atom. The first-order valence-corrected chi connectivity index (χ1v) is 6.33. The summed E-state index contributed by atoms with van der Waals surface area (Å²) in [7, 11) is 0. The summed E-state index contributed by atoms with van der Waals surface area (Å²) < 4.78 is 27.1. The van der Waals surface area contributed by atoms with Gasteiger partial charge in [0.1, 0.15) is 11.6 Å². The van der Waals surface area contributed by atoms with E-state index in [1.54, 1.807) is 24.4 Å². The maximum Gasteiger partial charge on any atom is 0.174 e. The lowest BCUT2D eigenvalue weighted by Gasteiger charge is -2.04. The lowest BCUT2D eigenvalue weighted by Crippen LogP contribution is -2.10. The van der Waals surface area contributed by atoms with Gasteiger partial charge in [0.2, 0.25) is 0 Å². The van der Waals surface area contributed by atoms with Crippen molar-refractivity contribution in [2.24, 2.45) is 0 Å². The number of nitrogens with zero attached hydrogens (tertiary/aromatic N) is 2. The van der Waals surface area contributed by atoms with Crippen molar-refractivity contribution in [3.05, 3.63) is 71.6 Å². The first-order valence-electron chi connectivity index (χ1n) is 6.33. The van der Waals surface area contributed by atoms with Crippen LogP contribution in [0.2, 0.25) is 0 Å². The third-order valence-electron chi connectivity index (χ3n) is 3.10. The Hall–Kier alpha value is -2.69. The Labute approximate surface area is 119 Å². The number of carbonyl (C=O) groups excluding carboxylic acids is 1. The van der Waals surface area contributed by atoms with Crippen LogP contribution in [0, 0.1) is 11.6 Å². The maximum atomic E-state index is 13.6. The molecule has 2 aromatic heterocycles. The van der Waals surface area contributed by atoms with Gasteiger partial charge in [-0.1, -0.05) is 6.07 Å². The molecule has 1 aromatic carbocycles. The lowest BCUT2D eigenvalue weighted by atomic mass is 10.0. The molecule has 0 radical (unpaired) electrons. The molecule has 3 aromatic rings. The van der Waals surface area contributed by atoms with E-state index in [-0.39, 0.29) is 6.42 Å². The van der Waals surface area contributed by atoms with Gasteiger partial charge in [-0.15, -0.1) is 0 Å². The molecule has 0 amide bonds. The van der Waals surface area contributed by atoms with E-state index in [0.29, 0.717) is 11.3 Å². The molecule has 0 bridgehead atoms. The van der Waals surface area contributed by atoms with Gasteiger partial charge in [0.15, 0.2) is 11.4 Å². The van der Waals surface area contributed by atoms with Crippen LogP contribution in [0.25, 0.3) is 11.0 Å². The molecule has 0 unspecified atom stereocenters. The summed E-state index contributed by atoms with van der Waals surface area (Å²) in [5.41, 5.74) is 0.395. The highest BCUT2D eigenvalue weighted by molar-refractivity contribution is 5.98. The standard InChI is InChI=1S/C16H10F2N2O/c17-12-4-1-5-13(18)15(12)14(21)9-11-7-6-10-3-2-8-19-16(10)20-11/h1-8H,9H2. The number of hydrogen-bond donors (Lipinski definition) is 0. The first kappa shape index (κ1) is 13.3. The van der Waals surface area contributed by atoms with Crippen LogP contribution in [0.15, 0.2) is 48.7 Å². The van der Waals surface area contributed by atoms with Gasteiger partial charge < -0.3 is 0 Å². The number of aromatic nitrogens is 2. The fourth-order valence-corrected chi connectivity index (χ4v) is 2.11. The van der Waals surface area contributed by atoms with Gasteiger partial charge in [0, 0.05) is 11.6 Å². The first-order chi connectivity index (χ1) is 10.1. The van der Waals surface area contributed by atoms with E-state index >= 15 is 0 Å². The molecule has 0 N–H and O–H groups in total. The second kappa shape index (κ2) is 5.36. The fraction of sp³-hybridized carbons (Fsp3) is 0.0625. The summed E-state index contributed by atoms with van der Waals surface area (Å²) in [5.74, 6) is -2.37.